The van der Waals surface area contributed by atoms with Crippen molar-refractivity contribution in [3.63, 3.8) is 0 Å². The van der Waals surface area contributed by atoms with Gasteiger partial charge in [0.15, 0.2) is 17.3 Å². The highest BCUT2D eigenvalue weighted by atomic mass is 19.1. The summed E-state index contributed by atoms with van der Waals surface area (Å²) in [7, 11) is 1.97. The van der Waals surface area contributed by atoms with Gasteiger partial charge in [0.05, 0.1) is 6.10 Å². The molecule has 0 saturated heterocycles. The molecule has 1 rings (SSSR count). The molecule has 0 radical (unpaired) electrons. The Labute approximate surface area is 186 Å². The summed E-state index contributed by atoms with van der Waals surface area (Å²) in [5.41, 5.74) is 2.50. The highest BCUT2D eigenvalue weighted by molar-refractivity contribution is 5.96. The number of benzene rings is 1. The molecule has 5 heteroatoms. The number of aliphatic hydroxyl groups is 1. The molecule has 1 unspecified atom stereocenters. The lowest BCUT2D eigenvalue weighted by molar-refractivity contribution is 0.0921. The zero-order chi connectivity index (χ0) is 23.2. The van der Waals surface area contributed by atoms with E-state index < -0.39 is 11.9 Å². The van der Waals surface area contributed by atoms with E-state index in [2.05, 4.69) is 17.6 Å². The maximum atomic E-state index is 14.3. The Hall–Kier alpha value is -2.50. The number of hydrogen-bond acceptors (Lipinski definition) is 4. The first-order chi connectivity index (χ1) is 14.7. The molecule has 0 heterocycles. The predicted molar refractivity (Wildman–Crippen MR) is 126 cm³/mol. The van der Waals surface area contributed by atoms with E-state index in [1.807, 2.05) is 46.0 Å². The summed E-state index contributed by atoms with van der Waals surface area (Å²) < 4.78 is 19.7. The average Bonchev–Trinajstić information content (AvgIpc) is 2.68. The van der Waals surface area contributed by atoms with Gasteiger partial charge in [-0.1, -0.05) is 41.5 Å². The molecule has 170 valence electrons. The largest absolute Gasteiger partial charge is 0.486 e. The zero-order valence-corrected chi connectivity index (χ0v) is 19.2. The molecule has 1 aromatic carbocycles. The van der Waals surface area contributed by atoms with Crippen LogP contribution in [-0.2, 0) is 0 Å². The van der Waals surface area contributed by atoms with Crippen LogP contribution in [0.2, 0.25) is 0 Å². The summed E-state index contributed by atoms with van der Waals surface area (Å²) in [5.74, 6) is -0.807. The van der Waals surface area contributed by atoms with Gasteiger partial charge in [-0.25, -0.2) is 4.39 Å². The number of ketones is 1. The van der Waals surface area contributed by atoms with Gasteiger partial charge in [0.1, 0.15) is 6.61 Å². The van der Waals surface area contributed by atoms with Crippen molar-refractivity contribution in [1.82, 2.24) is 4.90 Å². The molecule has 0 aliphatic heterocycles. The number of nitrogens with zero attached hydrogens (tertiary/aromatic N) is 1. The summed E-state index contributed by atoms with van der Waals surface area (Å²) >= 11 is 0. The van der Waals surface area contributed by atoms with Crippen LogP contribution in [0.5, 0.6) is 5.75 Å². The molecule has 1 atom stereocenters. The minimum absolute atomic E-state index is 0.0827. The topological polar surface area (TPSA) is 49.8 Å². The van der Waals surface area contributed by atoms with Gasteiger partial charge in [0, 0.05) is 25.1 Å². The third-order valence-electron chi connectivity index (χ3n) is 4.58. The van der Waals surface area contributed by atoms with E-state index in [0.717, 1.165) is 37.6 Å². The normalized spacial score (nSPS) is 12.8. The summed E-state index contributed by atoms with van der Waals surface area (Å²) in [5, 5.41) is 10.2. The molecule has 31 heavy (non-hydrogen) atoms. The number of hydrogen-bond donors (Lipinski definition) is 1. The second-order valence-corrected chi connectivity index (χ2v) is 7.97. The van der Waals surface area contributed by atoms with Crippen molar-refractivity contribution in [2.24, 2.45) is 0 Å². The van der Waals surface area contributed by atoms with Crippen molar-refractivity contribution in [1.29, 1.82) is 0 Å². The van der Waals surface area contributed by atoms with Gasteiger partial charge in [-0.3, -0.25) is 9.69 Å². The van der Waals surface area contributed by atoms with Crippen LogP contribution in [-0.4, -0.2) is 48.6 Å². The van der Waals surface area contributed by atoms with E-state index in [4.69, 9.17) is 4.74 Å². The number of carbonyl (C=O) groups excluding carboxylic acids is 1. The standard InChI is InChI=1S/C26H36FNO3/c1-6-14-28(5)15-7-8-16-31-26-13-12-22(18-24(26)27)25(30)19-23(29)17-21(4)11-9-10-20(2)3/h6-8,10,12-13,17-18,23,29H,1,9,11,14-16,19H2,2-5H3. The zero-order valence-electron chi connectivity index (χ0n) is 19.2. The number of Topliss-reactive ketones (excluding diaryl/α,β-unsaturated/α-hetero) is 1. The number of rotatable bonds is 14. The number of aliphatic hydroxyl groups excluding tert-OH is 1. The van der Waals surface area contributed by atoms with Crippen molar-refractivity contribution in [2.45, 2.75) is 46.1 Å². The predicted octanol–water partition coefficient (Wildman–Crippen LogP) is 5.50. The Kier molecular flexibility index (Phi) is 12.4. The van der Waals surface area contributed by atoms with E-state index in [0.29, 0.717) is 0 Å². The van der Waals surface area contributed by atoms with Crippen molar-refractivity contribution in [2.75, 3.05) is 26.7 Å². The Morgan fingerprint density at radius 3 is 2.65 bits per heavy atom. The van der Waals surface area contributed by atoms with Gasteiger partial charge in [-0.05, 0) is 58.9 Å². The van der Waals surface area contributed by atoms with E-state index in [-0.39, 0.29) is 30.1 Å². The fraction of sp³-hybridized carbons (Fsp3) is 0.423. The van der Waals surface area contributed by atoms with Crippen LogP contribution in [0.1, 0.15) is 50.4 Å². The van der Waals surface area contributed by atoms with Crippen LogP contribution in [0.25, 0.3) is 0 Å². The fourth-order valence-electron chi connectivity index (χ4n) is 2.91. The number of halogens is 1. The SMILES string of the molecule is C=CCN(C)CC=CCOc1ccc(C(=O)CC(O)C=C(C)CCC=C(C)C)cc1F. The highest BCUT2D eigenvalue weighted by Crippen LogP contribution is 2.20. The molecule has 0 amide bonds. The van der Waals surface area contributed by atoms with Crippen LogP contribution >= 0.6 is 0 Å². The van der Waals surface area contributed by atoms with Crippen LogP contribution in [0, 0.1) is 5.82 Å². The third kappa shape index (κ3) is 11.5. The first-order valence-electron chi connectivity index (χ1n) is 10.6. The summed E-state index contributed by atoms with van der Waals surface area (Å²) in [6, 6.07) is 4.14. The van der Waals surface area contributed by atoms with Gasteiger partial charge in [-0.15, -0.1) is 6.58 Å². The molecule has 1 aromatic rings. The fourth-order valence-corrected chi connectivity index (χ4v) is 2.91. The molecule has 0 fully saturated rings. The van der Waals surface area contributed by atoms with Gasteiger partial charge in [-0.2, -0.15) is 0 Å². The molecular weight excluding hydrogens is 393 g/mol. The summed E-state index contributed by atoms with van der Waals surface area (Å²) in [6.07, 6.45) is 10.2. The highest BCUT2D eigenvalue weighted by Gasteiger charge is 2.14. The van der Waals surface area contributed by atoms with Crippen LogP contribution < -0.4 is 4.74 Å². The van der Waals surface area contributed by atoms with Crippen molar-refractivity contribution < 1.29 is 19.0 Å². The number of likely N-dealkylation sites (N-methyl/N-ethyl adjacent to an activating group) is 1. The number of ether oxygens (including phenoxy) is 1. The van der Waals surface area contributed by atoms with Gasteiger partial charge in [0.25, 0.3) is 0 Å². The van der Waals surface area contributed by atoms with Crippen molar-refractivity contribution in [3.05, 3.63) is 77.7 Å². The molecule has 4 nitrogen and oxygen atoms in total. The Bertz CT molecular complexity index is 807. The first kappa shape index (κ1) is 26.5. The lowest BCUT2D eigenvalue weighted by Gasteiger charge is -2.11. The number of allylic oxidation sites excluding steroid dienone is 3. The molecule has 0 aromatic heterocycles. The monoisotopic (exact) mass is 429 g/mol. The molecule has 0 bridgehead atoms. The molecule has 0 saturated carbocycles. The van der Waals surface area contributed by atoms with Crippen molar-refractivity contribution in [3.8, 4) is 5.75 Å². The Morgan fingerprint density at radius 2 is 2.00 bits per heavy atom. The van der Waals surface area contributed by atoms with Gasteiger partial charge in [0.2, 0.25) is 0 Å². The molecule has 1 N–H and O–H groups in total. The van der Waals surface area contributed by atoms with Crippen LogP contribution in [0.15, 0.2) is 66.3 Å². The number of carbonyl (C=O) groups is 1. The van der Waals surface area contributed by atoms with E-state index >= 15 is 0 Å². The van der Waals surface area contributed by atoms with Gasteiger partial charge < -0.3 is 9.84 Å². The minimum Gasteiger partial charge on any atom is -0.486 e. The Balaban J connectivity index is 2.55. The van der Waals surface area contributed by atoms with Crippen LogP contribution in [0.3, 0.4) is 0 Å². The summed E-state index contributed by atoms with van der Waals surface area (Å²) in [4.78, 5) is 14.5. The first-order valence-corrected chi connectivity index (χ1v) is 10.6. The minimum atomic E-state index is -0.887. The van der Waals surface area contributed by atoms with Crippen molar-refractivity contribution >= 4 is 5.78 Å². The Morgan fingerprint density at radius 1 is 1.26 bits per heavy atom. The smallest absolute Gasteiger partial charge is 0.165 e. The van der Waals surface area contributed by atoms with Gasteiger partial charge >= 0.3 is 0 Å². The maximum absolute atomic E-state index is 14.3. The second kappa shape index (κ2) is 14.5. The molecule has 0 spiro atoms. The maximum Gasteiger partial charge on any atom is 0.165 e. The van der Waals surface area contributed by atoms with E-state index in [1.54, 1.807) is 6.08 Å². The molecular formula is C26H36FNO3. The summed E-state index contributed by atoms with van der Waals surface area (Å²) in [6.45, 7) is 11.5. The molecule has 0 aliphatic rings. The van der Waals surface area contributed by atoms with E-state index in [1.165, 1.54) is 17.7 Å². The van der Waals surface area contributed by atoms with Crippen LogP contribution in [0.4, 0.5) is 4.39 Å². The lowest BCUT2D eigenvalue weighted by atomic mass is 10.0. The molecule has 0 aliphatic carbocycles. The quantitative estimate of drug-likeness (QED) is 0.313. The second-order valence-electron chi connectivity index (χ2n) is 7.97. The average molecular weight is 430 g/mol. The van der Waals surface area contributed by atoms with E-state index in [9.17, 15) is 14.3 Å². The third-order valence-corrected chi connectivity index (χ3v) is 4.58. The lowest BCUT2D eigenvalue weighted by Crippen LogP contribution is -2.17.